The van der Waals surface area contributed by atoms with Gasteiger partial charge in [-0.3, -0.25) is 4.79 Å². The molecular formula is C23H29N3O3S. The Bertz CT molecular complexity index is 1070. The molecule has 2 heterocycles. The number of fused-ring (bicyclic) bond motifs is 1. The number of amides is 1. The van der Waals surface area contributed by atoms with Gasteiger partial charge in [0.15, 0.2) is 0 Å². The molecule has 1 fully saturated rings. The molecule has 1 saturated heterocycles. The molecular weight excluding hydrogens is 398 g/mol. The molecule has 1 atom stereocenters. The Morgan fingerprint density at radius 3 is 2.57 bits per heavy atom. The summed E-state index contributed by atoms with van der Waals surface area (Å²) < 4.78 is 28.3. The number of rotatable bonds is 3. The molecule has 7 heteroatoms. The van der Waals surface area contributed by atoms with E-state index in [0.717, 1.165) is 29.8 Å². The van der Waals surface area contributed by atoms with Gasteiger partial charge in [-0.15, -0.1) is 0 Å². The van der Waals surface area contributed by atoms with Crippen LogP contribution in [0.4, 0.5) is 11.4 Å². The van der Waals surface area contributed by atoms with Crippen molar-refractivity contribution in [2.75, 3.05) is 36.0 Å². The van der Waals surface area contributed by atoms with E-state index in [-0.39, 0.29) is 11.9 Å². The highest BCUT2D eigenvalue weighted by Gasteiger charge is 2.33. The highest BCUT2D eigenvalue weighted by atomic mass is 32.2. The first-order valence-corrected chi connectivity index (χ1v) is 12.0. The Balaban J connectivity index is 1.55. The fourth-order valence-electron chi connectivity index (χ4n) is 4.54. The van der Waals surface area contributed by atoms with Crippen LogP contribution >= 0.6 is 0 Å². The monoisotopic (exact) mass is 427 g/mol. The van der Waals surface area contributed by atoms with Crippen LogP contribution in [0.2, 0.25) is 0 Å². The van der Waals surface area contributed by atoms with Gasteiger partial charge in [0.05, 0.1) is 4.90 Å². The summed E-state index contributed by atoms with van der Waals surface area (Å²) in [6.45, 7) is 7.94. The summed E-state index contributed by atoms with van der Waals surface area (Å²) in [4.78, 5) is 16.2. The maximum Gasteiger partial charge on any atom is 0.243 e. The summed E-state index contributed by atoms with van der Waals surface area (Å²) in [6.07, 6.45) is 1.64. The minimum atomic E-state index is -3.58. The fraction of sp³-hybridized carbons (Fsp3) is 0.435. The van der Waals surface area contributed by atoms with E-state index in [1.807, 2.05) is 6.07 Å². The van der Waals surface area contributed by atoms with Gasteiger partial charge >= 0.3 is 0 Å². The smallest absolute Gasteiger partial charge is 0.243 e. The predicted molar refractivity (Wildman–Crippen MR) is 120 cm³/mol. The first-order chi connectivity index (χ1) is 14.3. The number of anilines is 2. The van der Waals surface area contributed by atoms with Crippen LogP contribution in [0.25, 0.3) is 0 Å². The molecule has 4 rings (SSSR count). The van der Waals surface area contributed by atoms with E-state index in [1.165, 1.54) is 5.56 Å². The van der Waals surface area contributed by atoms with Gasteiger partial charge in [-0.25, -0.2) is 8.42 Å². The van der Waals surface area contributed by atoms with Crippen LogP contribution in [0, 0.1) is 6.92 Å². The lowest BCUT2D eigenvalue weighted by molar-refractivity contribution is -0.116. The highest BCUT2D eigenvalue weighted by molar-refractivity contribution is 7.89. The third-order valence-electron chi connectivity index (χ3n) is 6.11. The molecule has 160 valence electrons. The Labute approximate surface area is 179 Å². The number of aryl methyl sites for hydroxylation is 2. The number of hydrogen-bond acceptors (Lipinski definition) is 4. The Morgan fingerprint density at radius 1 is 1.07 bits per heavy atom. The van der Waals surface area contributed by atoms with Crippen molar-refractivity contribution in [3.63, 3.8) is 0 Å². The van der Waals surface area contributed by atoms with Crippen molar-refractivity contribution >= 4 is 27.3 Å². The predicted octanol–water partition coefficient (Wildman–Crippen LogP) is 3.19. The van der Waals surface area contributed by atoms with Crippen LogP contribution in [0.15, 0.2) is 47.4 Å². The zero-order valence-electron chi connectivity index (χ0n) is 17.8. The van der Waals surface area contributed by atoms with E-state index >= 15 is 0 Å². The van der Waals surface area contributed by atoms with Crippen molar-refractivity contribution in [1.29, 1.82) is 0 Å². The summed E-state index contributed by atoms with van der Waals surface area (Å²) in [5.74, 6) is -0.00680. The van der Waals surface area contributed by atoms with Gasteiger partial charge in [-0.1, -0.05) is 12.1 Å². The quantitative estimate of drug-likeness (QED) is 0.755. The zero-order chi connectivity index (χ0) is 21.5. The van der Waals surface area contributed by atoms with Crippen molar-refractivity contribution in [3.05, 3.63) is 53.6 Å². The molecule has 0 unspecified atom stereocenters. The molecule has 0 aliphatic carbocycles. The largest absolute Gasteiger partial charge is 0.366 e. The summed E-state index contributed by atoms with van der Waals surface area (Å²) in [5.41, 5.74) is 4.11. The number of sulfonamides is 1. The Hall–Kier alpha value is -2.38. The molecule has 1 amide bonds. The standard InChI is InChI=1S/C23H29N3O3S/c1-17-6-4-8-21(14-17)25-13-12-24(16-18(25)2)30(28,29)22-9-10-23-20(15-22)7-5-11-26(23)19(3)27/h4,6,8-10,14-15,18H,5,7,11-13,16H2,1-3H3/t18-/m1/s1. The Kier molecular flexibility index (Phi) is 5.59. The van der Waals surface area contributed by atoms with Crippen molar-refractivity contribution in [2.45, 2.75) is 44.6 Å². The summed E-state index contributed by atoms with van der Waals surface area (Å²) in [6, 6.07) is 13.6. The average Bonchev–Trinajstić information content (AvgIpc) is 2.72. The number of carbonyl (C=O) groups excluding carboxylic acids is 1. The van der Waals surface area contributed by atoms with Crippen molar-refractivity contribution < 1.29 is 13.2 Å². The summed E-state index contributed by atoms with van der Waals surface area (Å²) in [7, 11) is -3.58. The highest BCUT2D eigenvalue weighted by Crippen LogP contribution is 2.31. The summed E-state index contributed by atoms with van der Waals surface area (Å²) in [5, 5.41) is 0. The minimum absolute atomic E-state index is 0.00680. The maximum atomic E-state index is 13.4. The molecule has 2 aromatic rings. The van der Waals surface area contributed by atoms with E-state index < -0.39 is 10.0 Å². The minimum Gasteiger partial charge on any atom is -0.366 e. The normalized spacial score (nSPS) is 20.2. The molecule has 0 radical (unpaired) electrons. The first kappa shape index (κ1) is 20.9. The SMILES string of the molecule is CC(=O)N1CCCc2cc(S(=O)(=O)N3CCN(c4cccc(C)c4)[C@H](C)C3)ccc21. The van der Waals surface area contributed by atoms with Gasteiger partial charge in [-0.05, 0) is 68.1 Å². The number of carbonyl (C=O) groups is 1. The van der Waals surface area contributed by atoms with E-state index in [9.17, 15) is 13.2 Å². The summed E-state index contributed by atoms with van der Waals surface area (Å²) >= 11 is 0. The van der Waals surface area contributed by atoms with Crippen LogP contribution < -0.4 is 9.80 Å². The number of benzene rings is 2. The zero-order valence-corrected chi connectivity index (χ0v) is 18.7. The number of hydrogen-bond donors (Lipinski definition) is 0. The number of nitrogens with zero attached hydrogens (tertiary/aromatic N) is 3. The second-order valence-corrected chi connectivity index (χ2v) is 10.2. The Morgan fingerprint density at radius 2 is 1.87 bits per heavy atom. The third-order valence-corrected chi connectivity index (χ3v) is 7.97. The van der Waals surface area contributed by atoms with E-state index in [4.69, 9.17) is 0 Å². The van der Waals surface area contributed by atoms with Crippen molar-refractivity contribution in [1.82, 2.24) is 4.31 Å². The van der Waals surface area contributed by atoms with Crippen LogP contribution in [-0.2, 0) is 21.2 Å². The van der Waals surface area contributed by atoms with Crippen LogP contribution in [0.5, 0.6) is 0 Å². The second kappa shape index (κ2) is 8.04. The molecule has 0 saturated carbocycles. The van der Waals surface area contributed by atoms with Gasteiger partial charge < -0.3 is 9.80 Å². The van der Waals surface area contributed by atoms with Crippen molar-refractivity contribution in [2.24, 2.45) is 0 Å². The van der Waals surface area contributed by atoms with E-state index in [2.05, 4.69) is 36.9 Å². The molecule has 2 aromatic carbocycles. The maximum absolute atomic E-state index is 13.4. The van der Waals surface area contributed by atoms with Crippen molar-refractivity contribution in [3.8, 4) is 0 Å². The second-order valence-electron chi connectivity index (χ2n) is 8.31. The molecule has 30 heavy (non-hydrogen) atoms. The molecule has 2 aliphatic rings. The fourth-order valence-corrected chi connectivity index (χ4v) is 6.11. The van der Waals surface area contributed by atoms with Gasteiger partial charge in [-0.2, -0.15) is 4.31 Å². The van der Waals surface area contributed by atoms with Gasteiger partial charge in [0.2, 0.25) is 15.9 Å². The van der Waals surface area contributed by atoms with E-state index in [1.54, 1.807) is 34.3 Å². The van der Waals surface area contributed by atoms with Gasteiger partial charge in [0.25, 0.3) is 0 Å². The lowest BCUT2D eigenvalue weighted by Crippen LogP contribution is -2.53. The lowest BCUT2D eigenvalue weighted by atomic mass is 10.0. The molecule has 0 bridgehead atoms. The van der Waals surface area contributed by atoms with Crippen LogP contribution in [-0.4, -0.2) is 50.9 Å². The van der Waals surface area contributed by atoms with Gasteiger partial charge in [0.1, 0.15) is 0 Å². The molecule has 0 spiro atoms. The topological polar surface area (TPSA) is 60.9 Å². The average molecular weight is 428 g/mol. The first-order valence-electron chi connectivity index (χ1n) is 10.5. The molecule has 0 aromatic heterocycles. The van der Waals surface area contributed by atoms with E-state index in [0.29, 0.717) is 31.1 Å². The molecule has 0 N–H and O–H groups in total. The van der Waals surface area contributed by atoms with Crippen LogP contribution in [0.1, 0.15) is 31.4 Å². The lowest BCUT2D eigenvalue weighted by Gasteiger charge is -2.40. The number of piperazine rings is 1. The van der Waals surface area contributed by atoms with Gasteiger partial charge in [0, 0.05) is 50.5 Å². The third kappa shape index (κ3) is 3.84. The van der Waals surface area contributed by atoms with Crippen LogP contribution in [0.3, 0.4) is 0 Å². The molecule has 6 nitrogen and oxygen atoms in total. The molecule has 2 aliphatic heterocycles.